The third-order valence-electron chi connectivity index (χ3n) is 3.24. The molecule has 0 aliphatic heterocycles. The van der Waals surface area contributed by atoms with Crippen LogP contribution in [0.3, 0.4) is 0 Å². The number of hydrogen-bond donors (Lipinski definition) is 3. The number of phenols is 1. The molecule has 0 radical (unpaired) electrons. The fraction of sp³-hybridized carbons (Fsp3) is 0. The molecule has 1 aromatic heterocycles. The summed E-state index contributed by atoms with van der Waals surface area (Å²) in [6.45, 7) is 0. The van der Waals surface area contributed by atoms with Gasteiger partial charge in [-0.1, -0.05) is 18.2 Å². The molecule has 0 saturated heterocycles. The van der Waals surface area contributed by atoms with Crippen molar-refractivity contribution in [2.45, 2.75) is 4.90 Å². The van der Waals surface area contributed by atoms with Gasteiger partial charge in [-0.2, -0.15) is 0 Å². The largest absolute Gasteiger partial charge is 0.508 e. The average molecular weight is 341 g/mol. The monoisotopic (exact) mass is 341 g/mol. The SMILES string of the molecule is O=S(=O)(Nc1cccnc1Nc1ccccc1)c1ccc(O)cc1. The Morgan fingerprint density at radius 1 is 0.875 bits per heavy atom. The number of sulfonamides is 1. The molecule has 122 valence electrons. The highest BCUT2D eigenvalue weighted by Crippen LogP contribution is 2.25. The van der Waals surface area contributed by atoms with Gasteiger partial charge in [-0.05, 0) is 48.5 Å². The summed E-state index contributed by atoms with van der Waals surface area (Å²) in [7, 11) is -3.79. The molecule has 3 N–H and O–H groups in total. The second-order valence-electron chi connectivity index (χ2n) is 4.99. The first-order chi connectivity index (χ1) is 11.5. The van der Waals surface area contributed by atoms with E-state index in [0.717, 1.165) is 5.69 Å². The highest BCUT2D eigenvalue weighted by atomic mass is 32.2. The molecule has 0 fully saturated rings. The molecule has 6 nitrogen and oxygen atoms in total. The van der Waals surface area contributed by atoms with E-state index < -0.39 is 10.0 Å². The number of rotatable bonds is 5. The number of aromatic hydroxyl groups is 1. The van der Waals surface area contributed by atoms with Crippen LogP contribution in [0.2, 0.25) is 0 Å². The summed E-state index contributed by atoms with van der Waals surface area (Å²) in [6, 6.07) is 17.9. The minimum atomic E-state index is -3.79. The molecule has 2 aromatic carbocycles. The lowest BCUT2D eigenvalue weighted by Gasteiger charge is -2.13. The Morgan fingerprint density at radius 3 is 2.29 bits per heavy atom. The molecule has 0 amide bonds. The standard InChI is InChI=1S/C17H15N3O3S/c21-14-8-10-15(11-9-14)24(22,23)20-16-7-4-12-18-17(16)19-13-5-2-1-3-6-13/h1-12,20-21H,(H,18,19). The Bertz CT molecular complexity index is 927. The van der Waals surface area contributed by atoms with Crippen molar-refractivity contribution in [1.29, 1.82) is 0 Å². The molecule has 0 saturated carbocycles. The predicted octanol–water partition coefficient (Wildman–Crippen LogP) is 3.33. The molecule has 7 heteroatoms. The van der Waals surface area contributed by atoms with Gasteiger partial charge in [-0.3, -0.25) is 4.72 Å². The van der Waals surface area contributed by atoms with Gasteiger partial charge in [0.25, 0.3) is 10.0 Å². The van der Waals surface area contributed by atoms with Crippen LogP contribution in [0.4, 0.5) is 17.2 Å². The third-order valence-corrected chi connectivity index (χ3v) is 4.62. The summed E-state index contributed by atoms with van der Waals surface area (Å²) in [5.74, 6) is 0.396. The van der Waals surface area contributed by atoms with Gasteiger partial charge in [0.05, 0.1) is 10.6 Å². The molecule has 0 unspecified atom stereocenters. The maximum absolute atomic E-state index is 12.5. The quantitative estimate of drug-likeness (QED) is 0.662. The van der Waals surface area contributed by atoms with E-state index in [1.807, 2.05) is 30.3 Å². The predicted molar refractivity (Wildman–Crippen MR) is 92.9 cm³/mol. The van der Waals surface area contributed by atoms with Gasteiger partial charge in [0, 0.05) is 11.9 Å². The summed E-state index contributed by atoms with van der Waals surface area (Å²) in [4.78, 5) is 4.24. The first-order valence-electron chi connectivity index (χ1n) is 7.13. The molecule has 24 heavy (non-hydrogen) atoms. The summed E-state index contributed by atoms with van der Waals surface area (Å²) < 4.78 is 27.4. The number of aromatic nitrogens is 1. The molecule has 1 heterocycles. The van der Waals surface area contributed by atoms with Crippen LogP contribution in [-0.2, 0) is 10.0 Å². The van der Waals surface area contributed by atoms with Crippen molar-refractivity contribution in [2.75, 3.05) is 10.0 Å². The van der Waals surface area contributed by atoms with Crippen molar-refractivity contribution in [3.05, 3.63) is 72.9 Å². The number of benzene rings is 2. The van der Waals surface area contributed by atoms with Gasteiger partial charge in [0.1, 0.15) is 5.75 Å². The average Bonchev–Trinajstić information content (AvgIpc) is 2.58. The number of pyridine rings is 1. The Kier molecular flexibility index (Phi) is 4.35. The minimum Gasteiger partial charge on any atom is -0.508 e. The highest BCUT2D eigenvalue weighted by molar-refractivity contribution is 7.92. The molecule has 0 spiro atoms. The molecule has 3 aromatic rings. The van der Waals surface area contributed by atoms with Crippen molar-refractivity contribution in [2.24, 2.45) is 0 Å². The minimum absolute atomic E-state index is 0.00163. The molecule has 0 atom stereocenters. The van der Waals surface area contributed by atoms with Crippen LogP contribution in [0.25, 0.3) is 0 Å². The van der Waals surface area contributed by atoms with Crippen molar-refractivity contribution in [1.82, 2.24) is 4.98 Å². The van der Waals surface area contributed by atoms with Gasteiger partial charge < -0.3 is 10.4 Å². The van der Waals surface area contributed by atoms with E-state index in [1.54, 1.807) is 18.3 Å². The Labute approximate surface area is 139 Å². The molecule has 3 rings (SSSR count). The van der Waals surface area contributed by atoms with Gasteiger partial charge in [-0.25, -0.2) is 13.4 Å². The van der Waals surface area contributed by atoms with Crippen molar-refractivity contribution in [3.8, 4) is 5.75 Å². The third kappa shape index (κ3) is 3.64. The van der Waals surface area contributed by atoms with Crippen LogP contribution >= 0.6 is 0 Å². The summed E-state index contributed by atoms with van der Waals surface area (Å²) in [6.07, 6.45) is 1.57. The summed E-state index contributed by atoms with van der Waals surface area (Å²) >= 11 is 0. The highest BCUT2D eigenvalue weighted by Gasteiger charge is 2.16. The van der Waals surface area contributed by atoms with Crippen LogP contribution in [0, 0.1) is 0 Å². The van der Waals surface area contributed by atoms with Gasteiger partial charge >= 0.3 is 0 Å². The molecule has 0 aliphatic rings. The van der Waals surface area contributed by atoms with Crippen molar-refractivity contribution < 1.29 is 13.5 Å². The fourth-order valence-corrected chi connectivity index (χ4v) is 3.14. The lowest BCUT2D eigenvalue weighted by atomic mass is 10.3. The maximum Gasteiger partial charge on any atom is 0.262 e. The van der Waals surface area contributed by atoms with Crippen molar-refractivity contribution in [3.63, 3.8) is 0 Å². The maximum atomic E-state index is 12.5. The number of nitrogens with one attached hydrogen (secondary N) is 2. The lowest BCUT2D eigenvalue weighted by molar-refractivity contribution is 0.475. The second-order valence-corrected chi connectivity index (χ2v) is 6.67. The molecule has 0 bridgehead atoms. The Morgan fingerprint density at radius 2 is 1.58 bits per heavy atom. The zero-order valence-electron chi connectivity index (χ0n) is 12.5. The van der Waals surface area contributed by atoms with E-state index >= 15 is 0 Å². The van der Waals surface area contributed by atoms with Gasteiger partial charge in [-0.15, -0.1) is 0 Å². The summed E-state index contributed by atoms with van der Waals surface area (Å²) in [5, 5.41) is 12.4. The second kappa shape index (κ2) is 6.59. The molecular formula is C17H15N3O3S. The first-order valence-corrected chi connectivity index (χ1v) is 8.62. The fourth-order valence-electron chi connectivity index (χ4n) is 2.07. The number of nitrogens with zero attached hydrogens (tertiary/aromatic N) is 1. The Balaban J connectivity index is 1.89. The summed E-state index contributed by atoms with van der Waals surface area (Å²) in [5.41, 5.74) is 1.12. The van der Waals surface area contributed by atoms with Crippen LogP contribution in [0.15, 0.2) is 77.8 Å². The van der Waals surface area contributed by atoms with Crippen LogP contribution in [0.1, 0.15) is 0 Å². The van der Waals surface area contributed by atoms with Crippen LogP contribution in [0.5, 0.6) is 5.75 Å². The zero-order chi connectivity index (χ0) is 17.0. The lowest BCUT2D eigenvalue weighted by Crippen LogP contribution is -2.14. The molecular weight excluding hydrogens is 326 g/mol. The van der Waals surface area contributed by atoms with Crippen molar-refractivity contribution >= 4 is 27.2 Å². The zero-order valence-corrected chi connectivity index (χ0v) is 13.4. The van der Waals surface area contributed by atoms with Crippen LogP contribution in [-0.4, -0.2) is 18.5 Å². The van der Waals surface area contributed by atoms with E-state index in [1.165, 1.54) is 24.3 Å². The van der Waals surface area contributed by atoms with Gasteiger partial charge in [0.2, 0.25) is 0 Å². The van der Waals surface area contributed by atoms with E-state index in [4.69, 9.17) is 0 Å². The number of anilines is 3. The van der Waals surface area contributed by atoms with E-state index in [9.17, 15) is 13.5 Å². The normalized spacial score (nSPS) is 11.0. The number of para-hydroxylation sites is 1. The van der Waals surface area contributed by atoms with Gasteiger partial charge in [0.15, 0.2) is 5.82 Å². The Hall–Kier alpha value is -3.06. The van der Waals surface area contributed by atoms with E-state index in [2.05, 4.69) is 15.0 Å². The molecule has 0 aliphatic carbocycles. The number of phenolic OH excluding ortho intramolecular Hbond substituents is 1. The van der Waals surface area contributed by atoms with E-state index in [0.29, 0.717) is 11.5 Å². The smallest absolute Gasteiger partial charge is 0.262 e. The number of hydrogen-bond acceptors (Lipinski definition) is 5. The van der Waals surface area contributed by atoms with E-state index in [-0.39, 0.29) is 10.6 Å². The van der Waals surface area contributed by atoms with Crippen LogP contribution < -0.4 is 10.0 Å². The topological polar surface area (TPSA) is 91.3 Å². The first kappa shape index (κ1) is 15.8.